The zero-order chi connectivity index (χ0) is 13.3. The molecule has 0 aliphatic rings. The van der Waals surface area contributed by atoms with E-state index in [2.05, 4.69) is 10.1 Å². The fourth-order valence-corrected chi connectivity index (χ4v) is 1.80. The number of rotatable bonds is 3. The van der Waals surface area contributed by atoms with E-state index in [1.807, 2.05) is 13.8 Å². The van der Waals surface area contributed by atoms with Crippen LogP contribution in [0.2, 0.25) is 5.02 Å². The number of aliphatic hydroxyl groups is 1. The van der Waals surface area contributed by atoms with Gasteiger partial charge in [0.25, 0.3) is 0 Å². The van der Waals surface area contributed by atoms with E-state index in [4.69, 9.17) is 11.6 Å². The third-order valence-corrected chi connectivity index (χ3v) is 2.90. The van der Waals surface area contributed by atoms with Crippen LogP contribution < -0.4 is 0 Å². The highest BCUT2D eigenvalue weighted by atomic mass is 35.5. The molecule has 0 aliphatic carbocycles. The first-order chi connectivity index (χ1) is 8.50. The van der Waals surface area contributed by atoms with Crippen LogP contribution in [-0.4, -0.2) is 19.9 Å². The quantitative estimate of drug-likeness (QED) is 0.932. The Kier molecular flexibility index (Phi) is 3.63. The van der Waals surface area contributed by atoms with Gasteiger partial charge in [-0.2, -0.15) is 5.10 Å². The predicted octanol–water partition coefficient (Wildman–Crippen LogP) is 2.73. The Morgan fingerprint density at radius 3 is 2.72 bits per heavy atom. The van der Waals surface area contributed by atoms with Crippen molar-refractivity contribution >= 4 is 11.6 Å². The number of nitrogens with zero attached hydrogens (tertiary/aromatic N) is 3. The number of hydrogen-bond acceptors (Lipinski definition) is 3. The SMILES string of the molecule is CC(C)n1ncnc1C(O)c1ccc(Cl)c(F)c1. The molecular weight excluding hydrogens is 257 g/mol. The topological polar surface area (TPSA) is 50.9 Å². The third kappa shape index (κ3) is 2.37. The minimum Gasteiger partial charge on any atom is -0.380 e. The van der Waals surface area contributed by atoms with Crippen molar-refractivity contribution in [1.29, 1.82) is 0 Å². The first-order valence-corrected chi connectivity index (χ1v) is 5.91. The Bertz CT molecular complexity index is 556. The van der Waals surface area contributed by atoms with Gasteiger partial charge in [-0.05, 0) is 31.5 Å². The number of halogens is 2. The van der Waals surface area contributed by atoms with E-state index < -0.39 is 11.9 Å². The lowest BCUT2D eigenvalue weighted by Crippen LogP contribution is -2.13. The molecule has 0 fully saturated rings. The van der Waals surface area contributed by atoms with Gasteiger partial charge in [0.1, 0.15) is 18.2 Å². The molecule has 1 aromatic heterocycles. The van der Waals surface area contributed by atoms with Gasteiger partial charge in [-0.15, -0.1) is 0 Å². The van der Waals surface area contributed by atoms with E-state index in [-0.39, 0.29) is 11.1 Å². The van der Waals surface area contributed by atoms with Gasteiger partial charge in [0.15, 0.2) is 5.82 Å². The summed E-state index contributed by atoms with van der Waals surface area (Å²) in [5, 5.41) is 14.2. The van der Waals surface area contributed by atoms with Crippen molar-refractivity contribution in [2.75, 3.05) is 0 Å². The van der Waals surface area contributed by atoms with Crippen molar-refractivity contribution in [2.45, 2.75) is 26.0 Å². The molecule has 0 radical (unpaired) electrons. The van der Waals surface area contributed by atoms with E-state index in [0.717, 1.165) is 0 Å². The fraction of sp³-hybridized carbons (Fsp3) is 0.333. The van der Waals surface area contributed by atoms with Gasteiger partial charge >= 0.3 is 0 Å². The van der Waals surface area contributed by atoms with Gasteiger partial charge < -0.3 is 5.11 Å². The predicted molar refractivity (Wildman–Crippen MR) is 65.9 cm³/mol. The lowest BCUT2D eigenvalue weighted by Gasteiger charge is -2.14. The van der Waals surface area contributed by atoms with Gasteiger partial charge in [-0.1, -0.05) is 17.7 Å². The molecule has 6 heteroatoms. The molecule has 0 aliphatic heterocycles. The van der Waals surface area contributed by atoms with Crippen molar-refractivity contribution in [1.82, 2.24) is 14.8 Å². The molecule has 0 saturated heterocycles. The summed E-state index contributed by atoms with van der Waals surface area (Å²) in [5.41, 5.74) is 0.395. The highest BCUT2D eigenvalue weighted by molar-refractivity contribution is 6.30. The van der Waals surface area contributed by atoms with Crippen LogP contribution in [0.25, 0.3) is 0 Å². The summed E-state index contributed by atoms with van der Waals surface area (Å²) in [6.45, 7) is 3.85. The molecule has 18 heavy (non-hydrogen) atoms. The smallest absolute Gasteiger partial charge is 0.160 e. The number of hydrogen-bond donors (Lipinski definition) is 1. The maximum absolute atomic E-state index is 13.4. The van der Waals surface area contributed by atoms with Crippen molar-refractivity contribution in [3.63, 3.8) is 0 Å². The van der Waals surface area contributed by atoms with Crippen molar-refractivity contribution < 1.29 is 9.50 Å². The summed E-state index contributed by atoms with van der Waals surface area (Å²) in [4.78, 5) is 4.01. The number of aromatic nitrogens is 3. The highest BCUT2D eigenvalue weighted by Crippen LogP contribution is 2.25. The number of benzene rings is 1. The number of aliphatic hydroxyl groups excluding tert-OH is 1. The Balaban J connectivity index is 2.38. The summed E-state index contributed by atoms with van der Waals surface area (Å²) in [6, 6.07) is 4.24. The molecule has 0 bridgehead atoms. The second kappa shape index (κ2) is 5.04. The van der Waals surface area contributed by atoms with E-state index in [9.17, 15) is 9.50 Å². The van der Waals surface area contributed by atoms with Crippen LogP contribution in [0.1, 0.15) is 37.4 Å². The Hall–Kier alpha value is -1.46. The maximum atomic E-state index is 13.4. The molecule has 96 valence electrons. The molecule has 0 spiro atoms. The highest BCUT2D eigenvalue weighted by Gasteiger charge is 2.19. The second-order valence-corrected chi connectivity index (χ2v) is 4.64. The summed E-state index contributed by atoms with van der Waals surface area (Å²) in [7, 11) is 0. The van der Waals surface area contributed by atoms with Crippen molar-refractivity contribution in [3.8, 4) is 0 Å². The standard InChI is InChI=1S/C12H13ClFN3O/c1-7(2)17-12(15-6-16-17)11(18)8-3-4-9(13)10(14)5-8/h3-7,11,18H,1-2H3. The lowest BCUT2D eigenvalue weighted by molar-refractivity contribution is 0.199. The summed E-state index contributed by atoms with van der Waals surface area (Å²) < 4.78 is 14.9. The zero-order valence-electron chi connectivity index (χ0n) is 10.0. The third-order valence-electron chi connectivity index (χ3n) is 2.59. The normalized spacial score (nSPS) is 13.0. The van der Waals surface area contributed by atoms with Crippen molar-refractivity contribution in [2.24, 2.45) is 0 Å². The second-order valence-electron chi connectivity index (χ2n) is 4.23. The molecule has 1 N–H and O–H groups in total. The molecule has 2 aromatic rings. The molecule has 0 amide bonds. The monoisotopic (exact) mass is 269 g/mol. The zero-order valence-corrected chi connectivity index (χ0v) is 10.8. The maximum Gasteiger partial charge on any atom is 0.160 e. The van der Waals surface area contributed by atoms with Crippen LogP contribution in [0.4, 0.5) is 4.39 Å². The van der Waals surface area contributed by atoms with Gasteiger partial charge in [-0.25, -0.2) is 14.1 Å². The van der Waals surface area contributed by atoms with E-state index in [1.54, 1.807) is 10.7 Å². The van der Waals surface area contributed by atoms with Gasteiger partial charge in [-0.3, -0.25) is 0 Å². The Morgan fingerprint density at radius 1 is 1.39 bits per heavy atom. The average Bonchev–Trinajstić information content (AvgIpc) is 2.81. The van der Waals surface area contributed by atoms with Crippen LogP contribution in [0.3, 0.4) is 0 Å². The van der Waals surface area contributed by atoms with Crippen LogP contribution >= 0.6 is 11.6 Å². The van der Waals surface area contributed by atoms with Crippen LogP contribution in [0, 0.1) is 5.82 Å². The van der Waals surface area contributed by atoms with E-state index in [1.165, 1.54) is 18.5 Å². The van der Waals surface area contributed by atoms with Crippen LogP contribution in [0.5, 0.6) is 0 Å². The minimum atomic E-state index is -1.03. The molecule has 1 heterocycles. The summed E-state index contributed by atoms with van der Waals surface area (Å²) in [5.74, 6) is -0.185. The van der Waals surface area contributed by atoms with Crippen molar-refractivity contribution in [3.05, 3.63) is 46.8 Å². The van der Waals surface area contributed by atoms with Gasteiger partial charge in [0, 0.05) is 6.04 Å². The summed E-state index contributed by atoms with van der Waals surface area (Å²) in [6.07, 6.45) is 0.340. The van der Waals surface area contributed by atoms with Gasteiger partial charge in [0.2, 0.25) is 0 Å². The molecule has 0 saturated carbocycles. The van der Waals surface area contributed by atoms with Gasteiger partial charge in [0.05, 0.1) is 5.02 Å². The Morgan fingerprint density at radius 2 is 2.11 bits per heavy atom. The molecule has 1 atom stereocenters. The average molecular weight is 270 g/mol. The summed E-state index contributed by atoms with van der Waals surface area (Å²) >= 11 is 5.60. The fourth-order valence-electron chi connectivity index (χ4n) is 1.68. The first kappa shape index (κ1) is 13.0. The largest absolute Gasteiger partial charge is 0.380 e. The molecule has 1 unspecified atom stereocenters. The molecular formula is C12H13ClFN3O. The van der Waals surface area contributed by atoms with E-state index >= 15 is 0 Å². The Labute approximate surface area is 109 Å². The molecule has 4 nitrogen and oxygen atoms in total. The van der Waals surface area contributed by atoms with Crippen LogP contribution in [0.15, 0.2) is 24.5 Å². The first-order valence-electron chi connectivity index (χ1n) is 5.53. The molecule has 2 rings (SSSR count). The minimum absolute atomic E-state index is 0.0243. The lowest BCUT2D eigenvalue weighted by atomic mass is 10.1. The van der Waals surface area contributed by atoms with E-state index in [0.29, 0.717) is 11.4 Å². The molecule has 1 aromatic carbocycles. The van der Waals surface area contributed by atoms with Crippen LogP contribution in [-0.2, 0) is 0 Å².